The Bertz CT molecular complexity index is 795. The van der Waals surface area contributed by atoms with Crippen LogP contribution < -0.4 is 4.90 Å². The van der Waals surface area contributed by atoms with Crippen LogP contribution in [0.4, 0.5) is 5.82 Å². The molecule has 2 heterocycles. The van der Waals surface area contributed by atoms with E-state index in [2.05, 4.69) is 15.0 Å². The Morgan fingerprint density at radius 1 is 1.05 bits per heavy atom. The number of hydrogen-bond acceptors (Lipinski definition) is 3. The molecule has 0 amide bonds. The molecule has 6 heteroatoms. The maximum Gasteiger partial charge on any atom is 0.179 e. The van der Waals surface area contributed by atoms with Gasteiger partial charge in [0.25, 0.3) is 0 Å². The number of hydrogen-bond donors (Lipinski definition) is 1. The van der Waals surface area contributed by atoms with Crippen molar-refractivity contribution in [1.29, 1.82) is 0 Å². The van der Waals surface area contributed by atoms with Crippen molar-refractivity contribution in [3.05, 3.63) is 51.8 Å². The number of nitrogens with zero attached hydrogens (tertiary/aromatic N) is 3. The predicted octanol–water partition coefficient (Wildman–Crippen LogP) is 3.92. The van der Waals surface area contributed by atoms with Gasteiger partial charge in [0.2, 0.25) is 0 Å². The molecule has 0 spiro atoms. The monoisotopic (exact) mass is 320 g/mol. The molecule has 3 rings (SSSR count). The van der Waals surface area contributed by atoms with Crippen LogP contribution in [0, 0.1) is 0 Å². The number of nitrogens with one attached hydrogen (secondary N) is 1. The molecular formula is C15H14Cl2N4. The summed E-state index contributed by atoms with van der Waals surface area (Å²) in [4.78, 5) is 14.3. The van der Waals surface area contributed by atoms with Crippen molar-refractivity contribution in [2.24, 2.45) is 0 Å². The van der Waals surface area contributed by atoms with E-state index in [-0.39, 0.29) is 0 Å². The van der Waals surface area contributed by atoms with Gasteiger partial charge >= 0.3 is 0 Å². The quantitative estimate of drug-likeness (QED) is 0.795. The second kappa shape index (κ2) is 5.54. The molecule has 3 aromatic rings. The van der Waals surface area contributed by atoms with Gasteiger partial charge in [-0.2, -0.15) is 0 Å². The van der Waals surface area contributed by atoms with Gasteiger partial charge in [0.05, 0.1) is 15.6 Å². The predicted molar refractivity (Wildman–Crippen MR) is 87.5 cm³/mol. The third-order valence-electron chi connectivity index (χ3n) is 3.19. The van der Waals surface area contributed by atoms with Crippen molar-refractivity contribution < 1.29 is 0 Å². The Hall–Kier alpha value is -1.78. The average molecular weight is 321 g/mol. The van der Waals surface area contributed by atoms with E-state index in [1.807, 2.05) is 43.3 Å². The standard InChI is InChI=1S/C15H14Cl2N4/c1-21(2)14-6-5-12-15(20-14)19-13(18-12)8-9-3-4-10(16)11(17)7-9/h3-7H,8H2,1-2H3,(H,18,19,20). The number of rotatable bonds is 3. The van der Waals surface area contributed by atoms with E-state index < -0.39 is 0 Å². The van der Waals surface area contributed by atoms with E-state index in [1.54, 1.807) is 6.07 Å². The highest BCUT2D eigenvalue weighted by atomic mass is 35.5. The number of aromatic nitrogens is 3. The lowest BCUT2D eigenvalue weighted by atomic mass is 10.1. The van der Waals surface area contributed by atoms with Crippen LogP contribution in [-0.4, -0.2) is 29.0 Å². The van der Waals surface area contributed by atoms with Crippen LogP contribution in [-0.2, 0) is 6.42 Å². The number of pyridine rings is 1. The minimum atomic E-state index is 0.554. The summed E-state index contributed by atoms with van der Waals surface area (Å²) in [6.07, 6.45) is 0.657. The molecule has 2 aromatic heterocycles. The Labute approximate surface area is 132 Å². The third-order valence-corrected chi connectivity index (χ3v) is 3.93. The summed E-state index contributed by atoms with van der Waals surface area (Å²) < 4.78 is 0. The fraction of sp³-hybridized carbons (Fsp3) is 0.200. The third kappa shape index (κ3) is 2.96. The van der Waals surface area contributed by atoms with Crippen LogP contribution in [0.25, 0.3) is 11.2 Å². The van der Waals surface area contributed by atoms with Gasteiger partial charge in [-0.25, -0.2) is 9.97 Å². The first kappa shape index (κ1) is 14.2. The molecule has 1 N–H and O–H groups in total. The van der Waals surface area contributed by atoms with Crippen molar-refractivity contribution in [3.8, 4) is 0 Å². The minimum absolute atomic E-state index is 0.554. The van der Waals surface area contributed by atoms with E-state index in [4.69, 9.17) is 23.2 Å². The van der Waals surface area contributed by atoms with Gasteiger partial charge < -0.3 is 9.88 Å². The number of halogens is 2. The molecule has 0 aliphatic heterocycles. The van der Waals surface area contributed by atoms with Crippen LogP contribution in [0.2, 0.25) is 10.0 Å². The lowest BCUT2D eigenvalue weighted by Gasteiger charge is -2.09. The molecule has 0 radical (unpaired) electrons. The summed E-state index contributed by atoms with van der Waals surface area (Å²) in [6, 6.07) is 9.55. The molecule has 108 valence electrons. The van der Waals surface area contributed by atoms with Crippen LogP contribution >= 0.6 is 23.2 Å². The minimum Gasteiger partial charge on any atom is -0.363 e. The summed E-state index contributed by atoms with van der Waals surface area (Å²) in [5.41, 5.74) is 2.70. The topological polar surface area (TPSA) is 44.8 Å². The first-order valence-electron chi connectivity index (χ1n) is 6.50. The second-order valence-corrected chi connectivity index (χ2v) is 5.86. The van der Waals surface area contributed by atoms with E-state index in [1.165, 1.54) is 0 Å². The highest BCUT2D eigenvalue weighted by Crippen LogP contribution is 2.24. The number of anilines is 1. The van der Waals surface area contributed by atoms with E-state index in [0.29, 0.717) is 16.5 Å². The zero-order valence-electron chi connectivity index (χ0n) is 11.7. The fourth-order valence-electron chi connectivity index (χ4n) is 2.11. The van der Waals surface area contributed by atoms with E-state index >= 15 is 0 Å². The second-order valence-electron chi connectivity index (χ2n) is 5.04. The number of fused-ring (bicyclic) bond motifs is 1. The zero-order chi connectivity index (χ0) is 15.0. The molecule has 0 saturated carbocycles. The maximum atomic E-state index is 6.03. The molecule has 0 bridgehead atoms. The number of H-pyrrole nitrogens is 1. The van der Waals surface area contributed by atoms with Gasteiger partial charge in [-0.3, -0.25) is 0 Å². The molecule has 0 aliphatic carbocycles. The molecule has 4 nitrogen and oxygen atoms in total. The average Bonchev–Trinajstić information content (AvgIpc) is 2.84. The van der Waals surface area contributed by atoms with Crippen molar-refractivity contribution in [2.75, 3.05) is 19.0 Å². The normalized spacial score (nSPS) is 11.0. The summed E-state index contributed by atoms with van der Waals surface area (Å²) in [6.45, 7) is 0. The first-order valence-corrected chi connectivity index (χ1v) is 7.25. The molecule has 1 aromatic carbocycles. The molecular weight excluding hydrogens is 307 g/mol. The largest absolute Gasteiger partial charge is 0.363 e. The van der Waals surface area contributed by atoms with Gasteiger partial charge in [0.1, 0.15) is 11.6 Å². The molecule has 21 heavy (non-hydrogen) atoms. The highest BCUT2D eigenvalue weighted by molar-refractivity contribution is 6.42. The summed E-state index contributed by atoms with van der Waals surface area (Å²) >= 11 is 12.0. The number of imidazole rings is 1. The maximum absolute atomic E-state index is 6.03. The Kier molecular flexibility index (Phi) is 3.74. The summed E-state index contributed by atoms with van der Waals surface area (Å²) in [5, 5.41) is 1.11. The van der Waals surface area contributed by atoms with Gasteiger partial charge in [0.15, 0.2) is 5.65 Å². The molecule has 0 aliphatic rings. The van der Waals surface area contributed by atoms with Crippen molar-refractivity contribution in [1.82, 2.24) is 15.0 Å². The lowest BCUT2D eigenvalue weighted by Crippen LogP contribution is -2.10. The van der Waals surface area contributed by atoms with Crippen LogP contribution in [0.3, 0.4) is 0 Å². The fourth-order valence-corrected chi connectivity index (χ4v) is 2.43. The highest BCUT2D eigenvalue weighted by Gasteiger charge is 2.08. The lowest BCUT2D eigenvalue weighted by molar-refractivity contribution is 1.03. The van der Waals surface area contributed by atoms with Gasteiger partial charge in [-0.1, -0.05) is 29.3 Å². The molecule has 0 atom stereocenters. The van der Waals surface area contributed by atoms with Crippen molar-refractivity contribution >= 4 is 40.2 Å². The van der Waals surface area contributed by atoms with Crippen LogP contribution in [0.1, 0.15) is 11.4 Å². The van der Waals surface area contributed by atoms with E-state index in [0.717, 1.165) is 28.4 Å². The Balaban J connectivity index is 1.92. The first-order chi connectivity index (χ1) is 10.0. The van der Waals surface area contributed by atoms with Crippen LogP contribution in [0.5, 0.6) is 0 Å². The molecule has 0 fully saturated rings. The summed E-state index contributed by atoms with van der Waals surface area (Å²) in [5.74, 6) is 1.74. The molecule has 0 saturated heterocycles. The van der Waals surface area contributed by atoms with Crippen molar-refractivity contribution in [3.63, 3.8) is 0 Å². The van der Waals surface area contributed by atoms with Crippen molar-refractivity contribution in [2.45, 2.75) is 6.42 Å². The Morgan fingerprint density at radius 2 is 1.86 bits per heavy atom. The number of aromatic amines is 1. The van der Waals surface area contributed by atoms with Gasteiger partial charge in [-0.05, 0) is 29.8 Å². The Morgan fingerprint density at radius 3 is 2.57 bits per heavy atom. The van der Waals surface area contributed by atoms with Crippen LogP contribution in [0.15, 0.2) is 30.3 Å². The van der Waals surface area contributed by atoms with E-state index in [9.17, 15) is 0 Å². The van der Waals surface area contributed by atoms with Gasteiger partial charge in [0, 0.05) is 20.5 Å². The number of benzene rings is 1. The smallest absolute Gasteiger partial charge is 0.179 e. The van der Waals surface area contributed by atoms with Gasteiger partial charge in [-0.15, -0.1) is 0 Å². The molecule has 0 unspecified atom stereocenters. The SMILES string of the molecule is CN(C)c1ccc2[nH]c(Cc3ccc(Cl)c(Cl)c3)nc2n1. The summed E-state index contributed by atoms with van der Waals surface area (Å²) in [7, 11) is 3.91. The zero-order valence-corrected chi connectivity index (χ0v) is 13.2.